The van der Waals surface area contributed by atoms with E-state index in [0.29, 0.717) is 18.2 Å². The number of hydrogen-bond donors (Lipinski definition) is 1. The fourth-order valence-corrected chi connectivity index (χ4v) is 2.96. The Morgan fingerprint density at radius 1 is 1.14 bits per heavy atom. The normalized spacial score (nSPS) is 12.2. The molecule has 0 saturated heterocycles. The largest absolute Gasteiger partial charge is 0.325 e. The Morgan fingerprint density at radius 2 is 1.68 bits per heavy atom. The number of carbonyl (C=O) groups excluding carboxylic acids is 1. The molecule has 0 spiro atoms. The third-order valence-electron chi connectivity index (χ3n) is 3.22. The summed E-state index contributed by atoms with van der Waals surface area (Å²) < 4.78 is 24.6. The van der Waals surface area contributed by atoms with E-state index in [2.05, 4.69) is 19.2 Å². The second-order valence-electron chi connectivity index (χ2n) is 6.27. The van der Waals surface area contributed by atoms with Crippen LogP contribution in [0.25, 0.3) is 0 Å². The van der Waals surface area contributed by atoms with E-state index >= 15 is 0 Å². The Balaban J connectivity index is 2.71. The number of amides is 1. The van der Waals surface area contributed by atoms with E-state index in [4.69, 9.17) is 0 Å². The summed E-state index contributed by atoms with van der Waals surface area (Å²) in [5, 5.41) is 2.74. The molecule has 0 unspecified atom stereocenters. The van der Waals surface area contributed by atoms with Gasteiger partial charge >= 0.3 is 0 Å². The maximum atomic E-state index is 12.1. The molecule has 0 atom stereocenters. The molecular formula is C16H26N2O3S. The number of benzene rings is 1. The fourth-order valence-electron chi connectivity index (χ4n) is 2.04. The molecule has 22 heavy (non-hydrogen) atoms. The average molecular weight is 326 g/mol. The summed E-state index contributed by atoms with van der Waals surface area (Å²) in [4.78, 5) is 12.1. The van der Waals surface area contributed by atoms with Crippen LogP contribution in [0.2, 0.25) is 0 Å². The van der Waals surface area contributed by atoms with Crippen LogP contribution in [0.5, 0.6) is 0 Å². The molecule has 5 nitrogen and oxygen atoms in total. The van der Waals surface area contributed by atoms with Gasteiger partial charge in [-0.05, 0) is 29.5 Å². The third kappa shape index (κ3) is 6.15. The molecule has 1 amide bonds. The van der Waals surface area contributed by atoms with Gasteiger partial charge in [0, 0.05) is 12.2 Å². The molecule has 1 aromatic rings. The van der Waals surface area contributed by atoms with Crippen molar-refractivity contribution in [2.24, 2.45) is 5.92 Å². The van der Waals surface area contributed by atoms with Gasteiger partial charge in [-0.3, -0.25) is 4.79 Å². The van der Waals surface area contributed by atoms with Gasteiger partial charge in [-0.15, -0.1) is 0 Å². The van der Waals surface area contributed by atoms with E-state index in [1.54, 1.807) is 0 Å². The summed E-state index contributed by atoms with van der Waals surface area (Å²) in [6.45, 7) is 8.20. The molecule has 0 aliphatic carbocycles. The first kappa shape index (κ1) is 18.6. The lowest BCUT2D eigenvalue weighted by atomic mass is 10.0. The zero-order valence-corrected chi connectivity index (χ0v) is 14.8. The molecule has 1 rings (SSSR count). The van der Waals surface area contributed by atoms with Crippen molar-refractivity contribution < 1.29 is 13.2 Å². The number of nitrogens with one attached hydrogen (secondary N) is 1. The van der Waals surface area contributed by atoms with Gasteiger partial charge in [0.15, 0.2) is 0 Å². The molecule has 0 heterocycles. The van der Waals surface area contributed by atoms with Gasteiger partial charge < -0.3 is 5.32 Å². The summed E-state index contributed by atoms with van der Waals surface area (Å²) in [5.74, 6) is 0.257. The first-order valence-electron chi connectivity index (χ1n) is 7.44. The predicted molar refractivity (Wildman–Crippen MR) is 90.4 cm³/mol. The molecule has 6 heteroatoms. The lowest BCUT2D eigenvalue weighted by molar-refractivity contribution is -0.116. The van der Waals surface area contributed by atoms with E-state index in [9.17, 15) is 13.2 Å². The molecule has 0 fully saturated rings. The van der Waals surface area contributed by atoms with E-state index < -0.39 is 10.0 Å². The summed E-state index contributed by atoms with van der Waals surface area (Å²) >= 11 is 0. The van der Waals surface area contributed by atoms with Crippen LogP contribution in [0.1, 0.15) is 39.2 Å². The van der Waals surface area contributed by atoms with Gasteiger partial charge in [0.05, 0.1) is 12.8 Å². The van der Waals surface area contributed by atoms with Crippen LogP contribution in [0.3, 0.4) is 0 Å². The molecule has 0 aromatic heterocycles. The summed E-state index contributed by atoms with van der Waals surface area (Å²) in [5.41, 5.74) is 1.86. The summed E-state index contributed by atoms with van der Waals surface area (Å²) in [6.07, 6.45) is 1.13. The van der Waals surface area contributed by atoms with Crippen molar-refractivity contribution >= 4 is 21.6 Å². The van der Waals surface area contributed by atoms with Gasteiger partial charge in [-0.25, -0.2) is 8.42 Å². The number of anilines is 1. The predicted octanol–water partition coefficient (Wildman–Crippen LogP) is 2.67. The van der Waals surface area contributed by atoms with Crippen LogP contribution >= 0.6 is 0 Å². The Morgan fingerprint density at radius 3 is 2.09 bits per heavy atom. The van der Waals surface area contributed by atoms with Crippen LogP contribution in [-0.2, 0) is 14.8 Å². The molecule has 0 aliphatic heterocycles. The van der Waals surface area contributed by atoms with Gasteiger partial charge in [0.25, 0.3) is 0 Å². The van der Waals surface area contributed by atoms with Crippen molar-refractivity contribution in [3.05, 3.63) is 29.8 Å². The third-order valence-corrected chi connectivity index (χ3v) is 4.44. The van der Waals surface area contributed by atoms with Crippen LogP contribution in [0.15, 0.2) is 24.3 Å². The second kappa shape index (κ2) is 7.74. The minimum absolute atomic E-state index is 0.160. The van der Waals surface area contributed by atoms with Crippen LogP contribution in [-0.4, -0.2) is 38.0 Å². The maximum absolute atomic E-state index is 12.1. The summed E-state index contributed by atoms with van der Waals surface area (Å²) in [6, 6.07) is 7.59. The Bertz CT molecular complexity index is 592. The molecule has 1 aromatic carbocycles. The lowest BCUT2D eigenvalue weighted by Gasteiger charge is -2.21. The monoisotopic (exact) mass is 326 g/mol. The van der Waals surface area contributed by atoms with E-state index in [1.807, 2.05) is 38.1 Å². The Kier molecular flexibility index (Phi) is 6.56. The van der Waals surface area contributed by atoms with E-state index in [1.165, 1.54) is 9.87 Å². The number of rotatable bonds is 7. The molecule has 0 radical (unpaired) electrons. The molecule has 0 aliphatic rings. The van der Waals surface area contributed by atoms with Gasteiger partial charge in [0.2, 0.25) is 15.9 Å². The number of sulfonamides is 1. The highest BCUT2D eigenvalue weighted by atomic mass is 32.2. The highest BCUT2D eigenvalue weighted by Gasteiger charge is 2.21. The van der Waals surface area contributed by atoms with Crippen LogP contribution in [0.4, 0.5) is 5.69 Å². The minimum atomic E-state index is -3.39. The number of carbonyl (C=O) groups is 1. The fraction of sp³-hybridized carbons (Fsp3) is 0.562. The Hall–Kier alpha value is -1.40. The van der Waals surface area contributed by atoms with Gasteiger partial charge in [0.1, 0.15) is 0 Å². The molecule has 1 N–H and O–H groups in total. The standard InChI is InChI=1S/C16H26N2O3S/c1-12(2)10-18(22(5,20)21)11-16(19)17-15-8-6-14(7-9-15)13(3)4/h6-9,12-13H,10-11H2,1-5H3,(H,17,19). The van der Waals surface area contributed by atoms with Crippen molar-refractivity contribution in [3.63, 3.8) is 0 Å². The number of hydrogen-bond acceptors (Lipinski definition) is 3. The van der Waals surface area contributed by atoms with Crippen LogP contribution in [0, 0.1) is 5.92 Å². The zero-order chi connectivity index (χ0) is 16.9. The molecule has 0 bridgehead atoms. The van der Waals surface area contributed by atoms with Crippen molar-refractivity contribution in [2.45, 2.75) is 33.6 Å². The Labute approximate surface area is 133 Å². The topological polar surface area (TPSA) is 66.5 Å². The minimum Gasteiger partial charge on any atom is -0.325 e. The molecule has 124 valence electrons. The quantitative estimate of drug-likeness (QED) is 0.837. The second-order valence-corrected chi connectivity index (χ2v) is 8.26. The van der Waals surface area contributed by atoms with E-state index in [0.717, 1.165) is 6.26 Å². The maximum Gasteiger partial charge on any atom is 0.239 e. The first-order chi connectivity index (χ1) is 10.1. The molecule has 0 saturated carbocycles. The van der Waals surface area contributed by atoms with E-state index in [-0.39, 0.29) is 18.4 Å². The average Bonchev–Trinajstić information content (AvgIpc) is 2.36. The van der Waals surface area contributed by atoms with Gasteiger partial charge in [-0.2, -0.15) is 4.31 Å². The van der Waals surface area contributed by atoms with Crippen LogP contribution < -0.4 is 5.32 Å². The lowest BCUT2D eigenvalue weighted by Crippen LogP contribution is -2.39. The highest BCUT2D eigenvalue weighted by molar-refractivity contribution is 7.88. The van der Waals surface area contributed by atoms with Crippen molar-refractivity contribution in [1.29, 1.82) is 0 Å². The highest BCUT2D eigenvalue weighted by Crippen LogP contribution is 2.17. The SMILES string of the molecule is CC(C)CN(CC(=O)Nc1ccc(C(C)C)cc1)S(C)(=O)=O. The van der Waals surface area contributed by atoms with Gasteiger partial charge in [-0.1, -0.05) is 39.8 Å². The van der Waals surface area contributed by atoms with Crippen molar-refractivity contribution in [2.75, 3.05) is 24.7 Å². The number of nitrogens with zero attached hydrogens (tertiary/aromatic N) is 1. The van der Waals surface area contributed by atoms with Crippen molar-refractivity contribution in [3.8, 4) is 0 Å². The zero-order valence-electron chi connectivity index (χ0n) is 14.0. The smallest absolute Gasteiger partial charge is 0.239 e. The summed E-state index contributed by atoms with van der Waals surface area (Å²) in [7, 11) is -3.39. The first-order valence-corrected chi connectivity index (χ1v) is 9.29. The van der Waals surface area contributed by atoms with Crippen molar-refractivity contribution in [1.82, 2.24) is 4.31 Å². The molecular weight excluding hydrogens is 300 g/mol.